The summed E-state index contributed by atoms with van der Waals surface area (Å²) in [5, 5.41) is 10.3. The topological polar surface area (TPSA) is 55.0 Å². The predicted molar refractivity (Wildman–Crippen MR) is 482 cm³/mol. The molecule has 0 aromatic rings. The van der Waals surface area contributed by atoms with Gasteiger partial charge in [0.1, 0.15) is 0 Å². The van der Waals surface area contributed by atoms with E-state index in [1.807, 2.05) is 7.11 Å². The Balaban J connectivity index is 6.02. The molecule has 0 aliphatic carbocycles. The first-order chi connectivity index (χ1) is 27.6. The summed E-state index contributed by atoms with van der Waals surface area (Å²) in [6.45, 7) is 5.75. The summed E-state index contributed by atoms with van der Waals surface area (Å²) in [6.07, 6.45) is 0. The number of rotatable bonds is 35. The highest BCUT2D eigenvalue weighted by Crippen LogP contribution is 2.30. The number of nitrogens with one attached hydrogen (secondary N) is 2. The fourth-order valence-corrected chi connectivity index (χ4v) is 33.9. The van der Waals surface area contributed by atoms with Crippen LogP contribution < -0.4 is 10.5 Å². The average Bonchev–Trinajstić information content (AvgIpc) is 3.23. The number of nitrogens with zero attached hydrogens (tertiary/aromatic N) is 1. The Bertz CT molecular complexity index is 1020. The third kappa shape index (κ3) is 29.5. The van der Waals surface area contributed by atoms with E-state index < -0.39 is 0 Å². The molecule has 0 amide bonds. The second-order valence-electron chi connectivity index (χ2n) is 13.3. The van der Waals surface area contributed by atoms with Crippen molar-refractivity contribution in [1.82, 2.24) is 15.2 Å². The molecule has 308 valence electrons. The molecule has 0 spiro atoms. The average molecular weight is 3020 g/mol. The van der Waals surface area contributed by atoms with Crippen LogP contribution in [0, 0.1) is 0 Å². The number of ether oxygens (including phenoxy) is 3. The van der Waals surface area contributed by atoms with Crippen LogP contribution in [-0.4, -0.2) is 182 Å². The Kier molecular flexibility index (Phi) is 56.6. The lowest BCUT2D eigenvalue weighted by Gasteiger charge is -2.31. The van der Waals surface area contributed by atoms with Gasteiger partial charge in [-0.25, -0.2) is 0 Å². The highest BCUT2D eigenvalue weighted by Gasteiger charge is 2.54. The molecule has 0 atom stereocenters. The Morgan fingerprint density at radius 1 is 0.373 bits per heavy atom. The molecule has 0 rings (SSSR count). The van der Waals surface area contributed by atoms with Crippen molar-refractivity contribution in [3.05, 3.63) is 0 Å². The highest BCUT2D eigenvalue weighted by molar-refractivity contribution is 14.2. The highest BCUT2D eigenvalue weighted by atomic mass is 127. The summed E-state index contributed by atoms with van der Waals surface area (Å²) < 4.78 is 29.3. The maximum absolute atomic E-state index is 5.69. The smallest absolute Gasteiger partial charge is 0.177 e. The van der Waals surface area contributed by atoms with Crippen molar-refractivity contribution in [3.63, 3.8) is 0 Å². The maximum Gasteiger partial charge on any atom is 0.177 e. The lowest BCUT2D eigenvalue weighted by Crippen LogP contribution is -2.69. The van der Waals surface area contributed by atoms with Gasteiger partial charge >= 0.3 is 0 Å². The minimum atomic E-state index is 0.400. The minimum absolute atomic E-state index is 0.400. The molecule has 0 aliphatic heterocycles. The number of methoxy groups -OCH3 is 3. The summed E-state index contributed by atoms with van der Waals surface area (Å²) in [7, 11) is 7.59. The number of hydrogen-bond donors (Lipinski definition) is 2. The third-order valence-electron chi connectivity index (χ3n) is 8.94. The number of hydrogen-bond acceptors (Lipinski definition) is 6. The van der Waals surface area contributed by atoms with E-state index in [0.717, 1.165) is 54.1 Å². The monoisotopic (exact) mass is 3030 g/mol. The fourth-order valence-electron chi connectivity index (χ4n) is 5.44. The summed E-state index contributed by atoms with van der Waals surface area (Å²) in [6, 6.07) is 0. The van der Waals surface area contributed by atoms with Crippen LogP contribution >= 0.6 is 447 Å². The Hall–Kier alpha value is 15.9. The van der Waals surface area contributed by atoms with E-state index in [1.54, 1.807) is 14.2 Å². The van der Waals surface area contributed by atoms with Gasteiger partial charge in [-0.1, -0.05) is 0 Å². The fraction of sp³-hybridized carbons (Fsp3) is 1.00. The lowest BCUT2D eigenvalue weighted by atomic mass is 8.82. The van der Waals surface area contributed by atoms with E-state index >= 15 is 0 Å². The van der Waals surface area contributed by atoms with E-state index in [4.69, 9.17) is 14.2 Å². The summed E-state index contributed by atoms with van der Waals surface area (Å²) in [4.78, 5) is 0. The van der Waals surface area contributed by atoms with E-state index in [2.05, 4.69) is 463 Å². The number of halogens is 20. The first kappa shape index (κ1) is 74.9. The molecule has 0 saturated heterocycles. The molecule has 0 aromatic heterocycles. The van der Waals surface area contributed by atoms with E-state index in [0.29, 0.717) is 91.6 Å². The van der Waals surface area contributed by atoms with Crippen LogP contribution in [0.4, 0.5) is 0 Å². The van der Waals surface area contributed by atoms with Crippen LogP contribution in [0.15, 0.2) is 0 Å². The van der Waals surface area contributed by atoms with Crippen molar-refractivity contribution in [2.24, 2.45) is 0 Å². The van der Waals surface area contributed by atoms with Gasteiger partial charge in [0.2, 0.25) is 0 Å². The normalized spacial score (nSPS) is 10.5. The van der Waals surface area contributed by atoms with E-state index in [-0.39, 0.29) is 0 Å². The Morgan fingerprint density at radius 2 is 0.627 bits per heavy atom. The van der Waals surface area contributed by atoms with Gasteiger partial charge in [-0.15, -0.1) is 0 Å². The summed E-state index contributed by atoms with van der Waals surface area (Å²) in [5.41, 5.74) is 0. The van der Waals surface area contributed by atoms with Gasteiger partial charge in [-0.05, 0) is 6.54 Å². The molecule has 2 N–H and O–H groups in total. The van der Waals surface area contributed by atoms with E-state index in [9.17, 15) is 0 Å². The molecular formula is C9H27B24I20N3O3. The summed E-state index contributed by atoms with van der Waals surface area (Å²) in [5.74, 6) is 0. The van der Waals surface area contributed by atoms with Crippen molar-refractivity contribution in [2.45, 2.75) is 0 Å². The quantitative estimate of drug-likeness (QED) is 0.0417. The molecule has 0 radical (unpaired) electrons. The minimum Gasteiger partial charge on any atom is -0.399 e. The molecule has 0 aromatic carbocycles. The van der Waals surface area contributed by atoms with Crippen molar-refractivity contribution in [2.75, 3.05) is 60.8 Å². The molecule has 6 nitrogen and oxygen atoms in total. The zero-order valence-electron chi connectivity index (χ0n) is 31.8. The zero-order valence-corrected chi connectivity index (χ0v) is 75.0. The van der Waals surface area contributed by atoms with E-state index in [1.165, 1.54) is 10.1 Å². The maximum atomic E-state index is 5.69. The van der Waals surface area contributed by atoms with Crippen molar-refractivity contribution < 1.29 is 14.2 Å². The van der Waals surface area contributed by atoms with Crippen LogP contribution in [0.3, 0.4) is 0 Å². The molecular weight excluding hydrogens is 3000 g/mol. The van der Waals surface area contributed by atoms with Gasteiger partial charge in [-0.3, -0.25) is 0 Å². The molecule has 50 heteroatoms. The van der Waals surface area contributed by atoms with Gasteiger partial charge in [0.05, 0.1) is 19.8 Å². The standard InChI is InChI=1S/C9H27B24I20N3O3/c1-57-7-4-54-32(28(50)24(46)18(40)14(36)10-34)30(52)26(48)22(44)20(42)16(38)12-56(6-9-59-3)13-17(39)21(43)23(45)27(49)31(53)33(55-5-8-58-2)29(51)25(47)19(41)15(37)11-35/h10-13,54-55H,4-9H2,1-3H3. The molecule has 0 saturated carbocycles. The second kappa shape index (κ2) is 44.6. The first-order valence-electron chi connectivity index (χ1n) is 17.9. The molecule has 0 bridgehead atoms. The van der Waals surface area contributed by atoms with Crippen LogP contribution in [0.5, 0.6) is 0 Å². The van der Waals surface area contributed by atoms with Crippen molar-refractivity contribution in [1.29, 1.82) is 0 Å². The second-order valence-corrected chi connectivity index (χ2v) is 41.6. The SMILES string of the molecule is COCCNB(B(I)B(I)B(I)B(I)BI)B(I)B(I)B(I)B(I)B(I)BN(BB(I)B(I)B(I)B(I)B(I)B(NCCOC)B(I)B(I)B(I)B(I)BI)CCOC. The van der Waals surface area contributed by atoms with Gasteiger partial charge in [0.25, 0.3) is 0 Å². The van der Waals surface area contributed by atoms with Crippen LogP contribution in [-0.2, 0) is 14.2 Å². The van der Waals surface area contributed by atoms with Crippen molar-refractivity contribution in [3.8, 4) is 0 Å². The predicted octanol–water partition coefficient (Wildman–Crippen LogP) is 6.74. The molecule has 0 unspecified atom stereocenters. The largest absolute Gasteiger partial charge is 0.399 e. The zero-order chi connectivity index (χ0) is 45.7. The molecule has 0 aliphatic rings. The molecule has 0 heterocycles. The third-order valence-corrected chi connectivity index (χ3v) is 60.3. The Labute approximate surface area is 636 Å². The lowest BCUT2D eigenvalue weighted by molar-refractivity contribution is 0.194. The van der Waals surface area contributed by atoms with Crippen molar-refractivity contribution >= 4 is 564 Å². The van der Waals surface area contributed by atoms with Crippen LogP contribution in [0.1, 0.15) is 0 Å². The van der Waals surface area contributed by atoms with Crippen LogP contribution in [0.25, 0.3) is 0 Å². The van der Waals surface area contributed by atoms with Gasteiger partial charge < -0.3 is 29.4 Å². The van der Waals surface area contributed by atoms with Gasteiger partial charge in [-0.2, -0.15) is 447 Å². The van der Waals surface area contributed by atoms with Crippen LogP contribution in [0.2, 0.25) is 0 Å². The summed E-state index contributed by atoms with van der Waals surface area (Å²) >= 11 is 54.7. The molecule has 59 heavy (non-hydrogen) atoms. The van der Waals surface area contributed by atoms with Gasteiger partial charge in [0, 0.05) is 34.4 Å². The van der Waals surface area contributed by atoms with Gasteiger partial charge in [0.15, 0.2) is 116 Å². The molecule has 0 fully saturated rings. The first-order valence-corrected chi connectivity index (χ1v) is 43.4. The Morgan fingerprint density at radius 3 is 0.898 bits per heavy atom.